The van der Waals surface area contributed by atoms with Crippen LogP contribution in [0.4, 0.5) is 5.69 Å². The lowest BCUT2D eigenvalue weighted by Gasteiger charge is -2.20. The molecular weight excluding hydrogens is 536 g/mol. The van der Waals surface area contributed by atoms with E-state index in [0.29, 0.717) is 12.8 Å². The molecule has 0 aliphatic rings. The molecule has 0 radical (unpaired) electrons. The fourth-order valence-corrected chi connectivity index (χ4v) is 5.95. The Balaban J connectivity index is 1.93. The summed E-state index contributed by atoms with van der Waals surface area (Å²) in [4.78, 5) is 10.3. The van der Waals surface area contributed by atoms with Crippen LogP contribution in [0.1, 0.15) is 23.6 Å². The largest absolute Gasteiger partial charge is 0.289 e. The molecule has 3 aromatic rings. The first-order valence-corrected chi connectivity index (χ1v) is 12.1. The monoisotopic (exact) mass is 552 g/mol. The minimum Gasteiger partial charge on any atom is -0.258 e. The van der Waals surface area contributed by atoms with Gasteiger partial charge in [-0.3, -0.25) is 10.1 Å². The van der Waals surface area contributed by atoms with Gasteiger partial charge in [-0.2, -0.15) is 0 Å². The average Bonchev–Trinajstić information content (AvgIpc) is 2.73. The zero-order valence-corrected chi connectivity index (χ0v) is 19.7. The van der Waals surface area contributed by atoms with Gasteiger partial charge in [-0.15, -0.1) is 0 Å². The van der Waals surface area contributed by atoms with Crippen molar-refractivity contribution in [1.29, 1.82) is 0 Å². The molecule has 0 heterocycles. The highest BCUT2D eigenvalue weighted by atomic mass is 79.9. The second-order valence-electron chi connectivity index (χ2n) is 6.55. The van der Waals surface area contributed by atoms with Crippen LogP contribution in [0.15, 0.2) is 86.6 Å². The number of nitrogens with zero attached hydrogens (tertiary/aromatic N) is 1. The topological polar surface area (TPSA) is 89.3 Å². The smallest absolute Gasteiger partial charge is 0.258 e. The zero-order valence-electron chi connectivity index (χ0n) is 15.7. The first kappa shape index (κ1) is 22.6. The molecule has 3 rings (SSSR count). The van der Waals surface area contributed by atoms with E-state index in [1.54, 1.807) is 0 Å². The van der Waals surface area contributed by atoms with Crippen molar-refractivity contribution in [3.63, 3.8) is 0 Å². The maximum absolute atomic E-state index is 13.1. The number of hydrogen-bond acceptors (Lipinski definition) is 4. The molecule has 0 saturated carbocycles. The lowest BCUT2D eigenvalue weighted by atomic mass is 10.00. The third kappa shape index (κ3) is 5.34. The van der Waals surface area contributed by atoms with Crippen LogP contribution in [0.2, 0.25) is 0 Å². The molecule has 0 aliphatic heterocycles. The number of nitro groups is 1. The normalized spacial score (nSPS) is 12.5. The SMILES string of the molecule is O=[N+]([O-])c1ccccc1S(=O)(=O)NC(CCc1c(Br)cccc1Br)c1ccccc1. The van der Waals surface area contributed by atoms with Gasteiger partial charge in [0.1, 0.15) is 0 Å². The molecule has 0 amide bonds. The Labute approximate surface area is 191 Å². The molecule has 0 aliphatic carbocycles. The van der Waals surface area contributed by atoms with Crippen LogP contribution in [-0.2, 0) is 16.4 Å². The summed E-state index contributed by atoms with van der Waals surface area (Å²) in [5.41, 5.74) is 1.34. The van der Waals surface area contributed by atoms with E-state index in [9.17, 15) is 18.5 Å². The number of benzene rings is 3. The van der Waals surface area contributed by atoms with E-state index in [1.165, 1.54) is 24.3 Å². The molecule has 0 saturated heterocycles. The summed E-state index contributed by atoms with van der Waals surface area (Å²) in [5, 5.41) is 11.3. The van der Waals surface area contributed by atoms with Gasteiger partial charge in [-0.05, 0) is 42.2 Å². The van der Waals surface area contributed by atoms with E-state index in [1.807, 2.05) is 48.5 Å². The Morgan fingerprint density at radius 2 is 1.50 bits per heavy atom. The molecule has 156 valence electrons. The van der Waals surface area contributed by atoms with Crippen LogP contribution in [0.5, 0.6) is 0 Å². The quantitative estimate of drug-likeness (QED) is 0.283. The Bertz CT molecular complexity index is 1130. The number of rotatable bonds is 8. The summed E-state index contributed by atoms with van der Waals surface area (Å²) in [5.74, 6) is 0. The van der Waals surface area contributed by atoms with Crippen LogP contribution < -0.4 is 4.72 Å². The second kappa shape index (κ2) is 9.82. The molecule has 1 unspecified atom stereocenters. The number of sulfonamides is 1. The van der Waals surface area contributed by atoms with Crippen molar-refractivity contribution in [2.45, 2.75) is 23.8 Å². The predicted octanol–water partition coefficient (Wildman–Crippen LogP) is 5.77. The van der Waals surface area contributed by atoms with Crippen LogP contribution in [0.3, 0.4) is 0 Å². The van der Waals surface area contributed by atoms with Crippen LogP contribution in [0.25, 0.3) is 0 Å². The van der Waals surface area contributed by atoms with Crippen molar-refractivity contribution in [1.82, 2.24) is 4.72 Å². The molecule has 0 fully saturated rings. The molecule has 6 nitrogen and oxygen atoms in total. The zero-order chi connectivity index (χ0) is 21.7. The molecule has 30 heavy (non-hydrogen) atoms. The van der Waals surface area contributed by atoms with Gasteiger partial charge >= 0.3 is 0 Å². The summed E-state index contributed by atoms with van der Waals surface area (Å²) < 4.78 is 30.6. The van der Waals surface area contributed by atoms with E-state index >= 15 is 0 Å². The number of nitrogens with one attached hydrogen (secondary N) is 1. The highest BCUT2D eigenvalue weighted by Gasteiger charge is 2.28. The molecule has 0 spiro atoms. The van der Waals surface area contributed by atoms with E-state index in [-0.39, 0.29) is 4.90 Å². The summed E-state index contributed by atoms with van der Waals surface area (Å²) in [7, 11) is -4.12. The van der Waals surface area contributed by atoms with Gasteiger partial charge in [-0.25, -0.2) is 13.1 Å². The van der Waals surface area contributed by atoms with E-state index in [2.05, 4.69) is 36.6 Å². The average molecular weight is 554 g/mol. The van der Waals surface area contributed by atoms with E-state index in [4.69, 9.17) is 0 Å². The van der Waals surface area contributed by atoms with Gasteiger partial charge in [0.05, 0.1) is 4.92 Å². The number of halogens is 2. The summed E-state index contributed by atoms with van der Waals surface area (Å²) in [6.07, 6.45) is 1.05. The van der Waals surface area contributed by atoms with Gasteiger partial charge < -0.3 is 0 Å². The van der Waals surface area contributed by atoms with Gasteiger partial charge in [0.15, 0.2) is 4.90 Å². The predicted molar refractivity (Wildman–Crippen MR) is 123 cm³/mol. The Kier molecular flexibility index (Phi) is 7.41. The summed E-state index contributed by atoms with van der Waals surface area (Å²) >= 11 is 7.07. The first-order valence-electron chi connectivity index (χ1n) is 9.03. The highest BCUT2D eigenvalue weighted by Crippen LogP contribution is 2.30. The number of para-hydroxylation sites is 1. The third-order valence-corrected chi connectivity index (χ3v) is 7.60. The fourth-order valence-electron chi connectivity index (χ4n) is 3.12. The molecule has 9 heteroatoms. The molecule has 3 aromatic carbocycles. The van der Waals surface area contributed by atoms with E-state index in [0.717, 1.165) is 20.1 Å². The first-order chi connectivity index (χ1) is 14.3. The Morgan fingerprint density at radius 3 is 2.13 bits per heavy atom. The molecule has 0 aromatic heterocycles. The lowest BCUT2D eigenvalue weighted by Crippen LogP contribution is -2.29. The molecule has 1 N–H and O–H groups in total. The van der Waals surface area contributed by atoms with Crippen molar-refractivity contribution in [2.24, 2.45) is 0 Å². The lowest BCUT2D eigenvalue weighted by molar-refractivity contribution is -0.387. The van der Waals surface area contributed by atoms with Crippen LogP contribution >= 0.6 is 31.9 Å². The van der Waals surface area contributed by atoms with Crippen LogP contribution in [0, 0.1) is 10.1 Å². The minimum absolute atomic E-state index is 0.349. The third-order valence-electron chi connectivity index (χ3n) is 4.60. The standard InChI is InChI=1S/C21H18Br2N2O4S/c22-17-9-6-10-18(23)16(17)13-14-19(15-7-2-1-3-8-15)24-30(28,29)21-12-5-4-11-20(21)25(26)27/h1-12,19,24H,13-14H2. The summed E-state index contributed by atoms with van der Waals surface area (Å²) in [6, 6.07) is 19.7. The molecular formula is C21H18Br2N2O4S. The van der Waals surface area contributed by atoms with Gasteiger partial charge in [0.2, 0.25) is 10.0 Å². The van der Waals surface area contributed by atoms with Crippen molar-refractivity contribution in [3.8, 4) is 0 Å². The van der Waals surface area contributed by atoms with E-state index < -0.39 is 26.7 Å². The fraction of sp³-hybridized carbons (Fsp3) is 0.143. The number of hydrogen-bond donors (Lipinski definition) is 1. The van der Waals surface area contributed by atoms with Crippen molar-refractivity contribution in [2.75, 3.05) is 0 Å². The number of nitro benzene ring substituents is 1. The van der Waals surface area contributed by atoms with Gasteiger partial charge in [0.25, 0.3) is 5.69 Å². The van der Waals surface area contributed by atoms with Crippen molar-refractivity contribution in [3.05, 3.63) is 103 Å². The van der Waals surface area contributed by atoms with Crippen LogP contribution in [-0.4, -0.2) is 13.3 Å². The maximum Gasteiger partial charge on any atom is 0.289 e. The van der Waals surface area contributed by atoms with Gasteiger partial charge in [0, 0.05) is 21.1 Å². The van der Waals surface area contributed by atoms with Crippen molar-refractivity contribution >= 4 is 47.6 Å². The minimum atomic E-state index is -4.12. The van der Waals surface area contributed by atoms with Gasteiger partial charge in [-0.1, -0.05) is 80.4 Å². The summed E-state index contributed by atoms with van der Waals surface area (Å²) in [6.45, 7) is 0. The Hall–Kier alpha value is -2.07. The highest BCUT2D eigenvalue weighted by molar-refractivity contribution is 9.11. The molecule has 1 atom stereocenters. The van der Waals surface area contributed by atoms with Crippen molar-refractivity contribution < 1.29 is 13.3 Å². The molecule has 0 bridgehead atoms. The Morgan fingerprint density at radius 1 is 0.900 bits per heavy atom. The maximum atomic E-state index is 13.1. The second-order valence-corrected chi connectivity index (χ2v) is 9.94.